The highest BCUT2D eigenvalue weighted by Gasteiger charge is 2.30. The molecule has 4 nitrogen and oxygen atoms in total. The van der Waals surface area contributed by atoms with Crippen LogP contribution in [0.2, 0.25) is 0 Å². The van der Waals surface area contributed by atoms with E-state index in [2.05, 4.69) is 5.32 Å². The Kier molecular flexibility index (Phi) is 9.25. The first-order valence-electron chi connectivity index (χ1n) is 7.27. The lowest BCUT2D eigenvalue weighted by Gasteiger charge is -2.19. The van der Waals surface area contributed by atoms with Crippen molar-refractivity contribution in [2.75, 3.05) is 6.54 Å². The van der Waals surface area contributed by atoms with Crippen LogP contribution < -0.4 is 5.32 Å². The fraction of sp³-hybridized carbons (Fsp3) is 0.529. The van der Waals surface area contributed by atoms with E-state index in [9.17, 15) is 23.5 Å². The summed E-state index contributed by atoms with van der Waals surface area (Å²) in [6.07, 6.45) is 0.0561. The molecule has 2 atom stereocenters. The van der Waals surface area contributed by atoms with E-state index in [0.717, 1.165) is 6.07 Å². The zero-order chi connectivity index (χ0) is 16.7. The average molecular weight is 329 g/mol. The van der Waals surface area contributed by atoms with Crippen molar-refractivity contribution < 1.29 is 23.5 Å². The Hall–Kier alpha value is -1.82. The van der Waals surface area contributed by atoms with E-state index < -0.39 is 35.3 Å². The maximum absolute atomic E-state index is 13.5. The van der Waals surface area contributed by atoms with E-state index in [1.165, 1.54) is 19.1 Å². The Balaban J connectivity index is 0.00000484. The predicted octanol–water partition coefficient (Wildman–Crippen LogP) is 2.63. The molecule has 0 aliphatic heterocycles. The summed E-state index contributed by atoms with van der Waals surface area (Å²) < 4.78 is 26.5. The molecule has 130 valence electrons. The first-order chi connectivity index (χ1) is 10.4. The molecule has 0 saturated carbocycles. The van der Waals surface area contributed by atoms with Gasteiger partial charge in [0.1, 0.15) is 11.7 Å². The Morgan fingerprint density at radius 1 is 1.30 bits per heavy atom. The number of ketones is 1. The van der Waals surface area contributed by atoms with Crippen LogP contribution in [-0.2, 0) is 16.0 Å². The second-order valence-electron chi connectivity index (χ2n) is 5.20. The van der Waals surface area contributed by atoms with Gasteiger partial charge >= 0.3 is 0 Å². The standard InChI is InChI=1S/C16H21F2NO3.CH4/c1-3-5-13(21)14(10(2)20)16(22)19-9-8-11-6-4-7-12(17)15(11)18;/h4,6-7,13-14,21H,3,5,8-9H2,1-2H3,(H,19,22);1H4. The number of nitrogens with one attached hydrogen (secondary N) is 1. The van der Waals surface area contributed by atoms with Gasteiger partial charge in [0, 0.05) is 6.54 Å². The number of halogens is 2. The van der Waals surface area contributed by atoms with Gasteiger partial charge in [0.05, 0.1) is 6.10 Å². The molecular weight excluding hydrogens is 304 g/mol. The first kappa shape index (κ1) is 21.2. The van der Waals surface area contributed by atoms with Gasteiger partial charge < -0.3 is 10.4 Å². The van der Waals surface area contributed by atoms with Crippen molar-refractivity contribution in [1.82, 2.24) is 5.32 Å². The van der Waals surface area contributed by atoms with E-state index in [0.29, 0.717) is 12.8 Å². The highest BCUT2D eigenvalue weighted by molar-refractivity contribution is 6.00. The molecule has 0 bridgehead atoms. The average Bonchev–Trinajstić information content (AvgIpc) is 2.43. The fourth-order valence-corrected chi connectivity index (χ4v) is 2.26. The summed E-state index contributed by atoms with van der Waals surface area (Å²) in [5.74, 6) is -4.02. The second-order valence-corrected chi connectivity index (χ2v) is 5.20. The van der Waals surface area contributed by atoms with Crippen LogP contribution in [0.25, 0.3) is 0 Å². The molecule has 1 aromatic carbocycles. The maximum atomic E-state index is 13.5. The van der Waals surface area contributed by atoms with Crippen molar-refractivity contribution in [1.29, 1.82) is 0 Å². The summed E-state index contributed by atoms with van der Waals surface area (Å²) in [6.45, 7) is 3.14. The molecule has 0 saturated heterocycles. The van der Waals surface area contributed by atoms with Gasteiger partial charge in [-0.2, -0.15) is 0 Å². The van der Waals surface area contributed by atoms with E-state index >= 15 is 0 Å². The molecule has 0 heterocycles. The van der Waals surface area contributed by atoms with Gasteiger partial charge in [-0.05, 0) is 31.4 Å². The van der Waals surface area contributed by atoms with Gasteiger partial charge in [-0.25, -0.2) is 8.78 Å². The van der Waals surface area contributed by atoms with E-state index in [-0.39, 0.29) is 26.0 Å². The van der Waals surface area contributed by atoms with Crippen LogP contribution in [-0.4, -0.2) is 29.4 Å². The van der Waals surface area contributed by atoms with Gasteiger partial charge in [0.2, 0.25) is 5.91 Å². The predicted molar refractivity (Wildman–Crippen MR) is 84.9 cm³/mol. The molecule has 0 aromatic heterocycles. The smallest absolute Gasteiger partial charge is 0.233 e. The molecule has 0 spiro atoms. The minimum Gasteiger partial charge on any atom is -0.392 e. The van der Waals surface area contributed by atoms with Crippen LogP contribution in [0.5, 0.6) is 0 Å². The van der Waals surface area contributed by atoms with Crippen molar-refractivity contribution in [3.8, 4) is 0 Å². The molecule has 23 heavy (non-hydrogen) atoms. The quantitative estimate of drug-likeness (QED) is 0.721. The molecule has 2 unspecified atom stereocenters. The minimum absolute atomic E-state index is 0. The van der Waals surface area contributed by atoms with Gasteiger partial charge in [0.15, 0.2) is 11.6 Å². The lowest BCUT2D eigenvalue weighted by Crippen LogP contribution is -2.42. The molecule has 0 fully saturated rings. The van der Waals surface area contributed by atoms with E-state index in [1.54, 1.807) is 0 Å². The highest BCUT2D eigenvalue weighted by Crippen LogP contribution is 2.13. The van der Waals surface area contributed by atoms with Gasteiger partial charge in [0.25, 0.3) is 0 Å². The van der Waals surface area contributed by atoms with E-state index in [4.69, 9.17) is 0 Å². The highest BCUT2D eigenvalue weighted by atomic mass is 19.2. The fourth-order valence-electron chi connectivity index (χ4n) is 2.26. The molecule has 1 rings (SSSR count). The Morgan fingerprint density at radius 2 is 1.96 bits per heavy atom. The zero-order valence-electron chi connectivity index (χ0n) is 12.7. The number of amides is 1. The Morgan fingerprint density at radius 3 is 2.52 bits per heavy atom. The maximum Gasteiger partial charge on any atom is 0.233 e. The molecule has 1 aromatic rings. The van der Waals surface area contributed by atoms with Crippen molar-refractivity contribution in [2.24, 2.45) is 5.92 Å². The lowest BCUT2D eigenvalue weighted by molar-refractivity contribution is -0.137. The van der Waals surface area contributed by atoms with E-state index in [1.807, 2.05) is 6.92 Å². The number of aliphatic hydroxyl groups is 1. The van der Waals surface area contributed by atoms with Crippen LogP contribution in [0.15, 0.2) is 18.2 Å². The van der Waals surface area contributed by atoms with Gasteiger partial charge in [-0.3, -0.25) is 9.59 Å². The topological polar surface area (TPSA) is 66.4 Å². The van der Waals surface area contributed by atoms with Crippen molar-refractivity contribution in [3.63, 3.8) is 0 Å². The molecular formula is C17H25F2NO3. The number of carbonyl (C=O) groups is 2. The first-order valence-corrected chi connectivity index (χ1v) is 7.27. The molecule has 1 amide bonds. The van der Waals surface area contributed by atoms with Crippen LogP contribution in [0, 0.1) is 17.6 Å². The molecule has 6 heteroatoms. The van der Waals surface area contributed by atoms with Crippen LogP contribution >= 0.6 is 0 Å². The van der Waals surface area contributed by atoms with Crippen molar-refractivity contribution in [2.45, 2.75) is 46.6 Å². The zero-order valence-corrected chi connectivity index (χ0v) is 12.7. The minimum atomic E-state index is -1.13. The van der Waals surface area contributed by atoms with Crippen LogP contribution in [0.3, 0.4) is 0 Å². The third-order valence-corrected chi connectivity index (χ3v) is 3.41. The number of hydrogen-bond donors (Lipinski definition) is 2. The monoisotopic (exact) mass is 329 g/mol. The van der Waals surface area contributed by atoms with Crippen molar-refractivity contribution in [3.05, 3.63) is 35.4 Å². The van der Waals surface area contributed by atoms with Crippen LogP contribution in [0.1, 0.15) is 39.7 Å². The lowest BCUT2D eigenvalue weighted by atomic mass is 9.94. The largest absolute Gasteiger partial charge is 0.392 e. The number of benzene rings is 1. The number of rotatable bonds is 8. The summed E-state index contributed by atoms with van der Waals surface area (Å²) in [6, 6.07) is 3.84. The van der Waals surface area contributed by atoms with Gasteiger partial charge in [-0.15, -0.1) is 0 Å². The Labute approximate surface area is 135 Å². The summed E-state index contributed by atoms with van der Waals surface area (Å²) in [7, 11) is 0. The second kappa shape index (κ2) is 10.0. The number of Topliss-reactive ketones (excluding diaryl/α,β-unsaturated/α-hetero) is 1. The number of hydrogen-bond acceptors (Lipinski definition) is 3. The summed E-state index contributed by atoms with van der Waals surface area (Å²) in [5, 5.41) is 12.3. The summed E-state index contributed by atoms with van der Waals surface area (Å²) in [5.41, 5.74) is 0.147. The Bertz CT molecular complexity index is 535. The molecule has 0 aliphatic rings. The molecule has 0 aliphatic carbocycles. The van der Waals surface area contributed by atoms with Crippen LogP contribution in [0.4, 0.5) is 8.78 Å². The normalized spacial score (nSPS) is 12.9. The number of aliphatic hydroxyl groups excluding tert-OH is 1. The van der Waals surface area contributed by atoms with Gasteiger partial charge in [-0.1, -0.05) is 32.9 Å². The molecule has 0 radical (unpaired) electrons. The SMILES string of the molecule is C.CCCC(O)C(C(C)=O)C(=O)NCCc1cccc(F)c1F. The third kappa shape index (κ3) is 6.06. The summed E-state index contributed by atoms with van der Waals surface area (Å²) in [4.78, 5) is 23.5. The molecule has 2 N–H and O–H groups in total. The summed E-state index contributed by atoms with van der Waals surface area (Å²) >= 11 is 0. The van der Waals surface area contributed by atoms with Crippen molar-refractivity contribution >= 4 is 11.7 Å². The third-order valence-electron chi connectivity index (χ3n) is 3.41. The number of carbonyl (C=O) groups excluding carboxylic acids is 2.